The fraction of sp³-hybridized carbons (Fsp3) is 0.467. The third-order valence-electron chi connectivity index (χ3n) is 3.99. The number of fused-ring (bicyclic) bond motifs is 1. The van der Waals surface area contributed by atoms with Crippen LogP contribution in [-0.4, -0.2) is 36.3 Å². The van der Waals surface area contributed by atoms with Gasteiger partial charge in [-0.1, -0.05) is 6.07 Å². The van der Waals surface area contributed by atoms with Crippen molar-refractivity contribution in [3.05, 3.63) is 23.8 Å². The van der Waals surface area contributed by atoms with Gasteiger partial charge in [0.2, 0.25) is 5.84 Å². The van der Waals surface area contributed by atoms with E-state index in [-0.39, 0.29) is 0 Å². The third-order valence-corrected chi connectivity index (χ3v) is 3.99. The largest absolute Gasteiger partial charge is 0.343 e. The fourth-order valence-electron chi connectivity index (χ4n) is 2.92. The standard InChI is InChI=1S/C15H18N6/c1-2-10-21(9-1)20-15-14-11(17-13-7-4-8-16-13)5-3-6-12(14)18-19-15/h3,5-6H,1-2,4,7-10H2,(H,16,17). The number of hydrazone groups is 1. The Morgan fingerprint density at radius 1 is 1.10 bits per heavy atom. The average Bonchev–Trinajstić information content (AvgIpc) is 3.22. The summed E-state index contributed by atoms with van der Waals surface area (Å²) in [5.74, 6) is 1.77. The summed E-state index contributed by atoms with van der Waals surface area (Å²) in [7, 11) is 0. The van der Waals surface area contributed by atoms with E-state index in [9.17, 15) is 0 Å². The predicted molar refractivity (Wildman–Crippen MR) is 83.5 cm³/mol. The van der Waals surface area contributed by atoms with Gasteiger partial charge in [-0.2, -0.15) is 5.10 Å². The molecule has 0 spiro atoms. The highest BCUT2D eigenvalue weighted by molar-refractivity contribution is 6.12. The topological polar surface area (TPSA) is 64.7 Å². The molecule has 3 aliphatic heterocycles. The molecule has 1 N–H and O–H groups in total. The second-order valence-electron chi connectivity index (χ2n) is 5.54. The van der Waals surface area contributed by atoms with E-state index in [0.717, 1.165) is 55.2 Å². The number of nitrogens with one attached hydrogen (secondary N) is 1. The Morgan fingerprint density at radius 2 is 2.00 bits per heavy atom. The van der Waals surface area contributed by atoms with Crippen molar-refractivity contribution in [2.75, 3.05) is 25.0 Å². The number of anilines is 1. The first kappa shape index (κ1) is 12.5. The maximum absolute atomic E-state index is 4.66. The maximum atomic E-state index is 4.66. The lowest BCUT2D eigenvalue weighted by Gasteiger charge is -2.13. The molecule has 0 radical (unpaired) electrons. The quantitative estimate of drug-likeness (QED) is 0.905. The van der Waals surface area contributed by atoms with Gasteiger partial charge >= 0.3 is 0 Å². The summed E-state index contributed by atoms with van der Waals surface area (Å²) in [5, 5.41) is 18.7. The van der Waals surface area contributed by atoms with Crippen LogP contribution in [0.15, 0.2) is 38.5 Å². The van der Waals surface area contributed by atoms with Gasteiger partial charge in [0, 0.05) is 26.1 Å². The first-order chi connectivity index (χ1) is 10.4. The van der Waals surface area contributed by atoms with Gasteiger partial charge in [0.25, 0.3) is 0 Å². The number of amidine groups is 2. The van der Waals surface area contributed by atoms with Crippen LogP contribution in [0.1, 0.15) is 31.2 Å². The number of hydrogen-bond donors (Lipinski definition) is 1. The van der Waals surface area contributed by atoms with Crippen LogP contribution in [0.2, 0.25) is 0 Å². The van der Waals surface area contributed by atoms with Gasteiger partial charge in [-0.05, 0) is 31.4 Å². The number of rotatable bonds is 2. The van der Waals surface area contributed by atoms with Crippen molar-refractivity contribution < 1.29 is 0 Å². The molecule has 0 aliphatic carbocycles. The van der Waals surface area contributed by atoms with E-state index >= 15 is 0 Å². The molecule has 0 saturated carbocycles. The average molecular weight is 282 g/mol. The van der Waals surface area contributed by atoms with Gasteiger partial charge in [-0.3, -0.25) is 10.0 Å². The zero-order valence-corrected chi connectivity index (χ0v) is 11.9. The monoisotopic (exact) mass is 282 g/mol. The summed E-state index contributed by atoms with van der Waals surface area (Å²) >= 11 is 0. The second kappa shape index (κ2) is 5.27. The Balaban J connectivity index is 1.66. The van der Waals surface area contributed by atoms with Crippen LogP contribution in [0, 0.1) is 0 Å². The van der Waals surface area contributed by atoms with Crippen molar-refractivity contribution in [2.24, 2.45) is 20.3 Å². The lowest BCUT2D eigenvalue weighted by atomic mass is 10.1. The summed E-state index contributed by atoms with van der Waals surface area (Å²) in [4.78, 5) is 4.48. The molecular weight excluding hydrogens is 264 g/mol. The van der Waals surface area contributed by atoms with Gasteiger partial charge in [-0.15, -0.1) is 10.2 Å². The molecule has 6 heteroatoms. The number of azo groups is 1. The molecule has 0 atom stereocenters. The van der Waals surface area contributed by atoms with Crippen molar-refractivity contribution in [1.82, 2.24) is 5.01 Å². The highest BCUT2D eigenvalue weighted by Crippen LogP contribution is 2.34. The molecule has 1 fully saturated rings. The summed E-state index contributed by atoms with van der Waals surface area (Å²) < 4.78 is 0. The van der Waals surface area contributed by atoms with Crippen LogP contribution in [-0.2, 0) is 0 Å². The van der Waals surface area contributed by atoms with Crippen molar-refractivity contribution >= 4 is 23.0 Å². The molecule has 0 aromatic heterocycles. The van der Waals surface area contributed by atoms with E-state index in [1.807, 2.05) is 12.1 Å². The van der Waals surface area contributed by atoms with Crippen molar-refractivity contribution in [2.45, 2.75) is 25.7 Å². The van der Waals surface area contributed by atoms with Gasteiger partial charge in [0.1, 0.15) is 5.84 Å². The number of hydrogen-bond acceptors (Lipinski definition) is 5. The molecule has 0 bridgehead atoms. The molecular formula is C15H18N6. The van der Waals surface area contributed by atoms with E-state index in [0.29, 0.717) is 5.84 Å². The predicted octanol–water partition coefficient (Wildman–Crippen LogP) is 3.15. The molecule has 0 amide bonds. The molecule has 3 heterocycles. The number of nitrogens with zero attached hydrogens (tertiary/aromatic N) is 5. The molecule has 1 aromatic carbocycles. The molecule has 21 heavy (non-hydrogen) atoms. The lowest BCUT2D eigenvalue weighted by Crippen LogP contribution is -2.16. The summed E-state index contributed by atoms with van der Waals surface area (Å²) in [6, 6.07) is 6.02. The van der Waals surface area contributed by atoms with E-state index in [4.69, 9.17) is 0 Å². The fourth-order valence-corrected chi connectivity index (χ4v) is 2.92. The highest BCUT2D eigenvalue weighted by atomic mass is 15.5. The molecule has 108 valence electrons. The molecule has 1 aromatic rings. The Hall–Kier alpha value is -2.24. The highest BCUT2D eigenvalue weighted by Gasteiger charge is 2.22. The zero-order valence-electron chi connectivity index (χ0n) is 11.9. The first-order valence-corrected chi connectivity index (χ1v) is 7.59. The van der Waals surface area contributed by atoms with Gasteiger partial charge in [0.05, 0.1) is 16.9 Å². The Kier molecular flexibility index (Phi) is 3.14. The minimum absolute atomic E-state index is 0.716. The van der Waals surface area contributed by atoms with E-state index in [2.05, 4.69) is 36.7 Å². The first-order valence-electron chi connectivity index (χ1n) is 7.59. The Bertz CT molecular complexity index is 640. The molecule has 4 rings (SSSR count). The molecule has 3 aliphatic rings. The minimum Gasteiger partial charge on any atom is -0.343 e. The smallest absolute Gasteiger partial charge is 0.205 e. The minimum atomic E-state index is 0.716. The van der Waals surface area contributed by atoms with E-state index in [1.54, 1.807) is 0 Å². The number of aliphatic imine (C=N–C) groups is 1. The van der Waals surface area contributed by atoms with Crippen LogP contribution >= 0.6 is 0 Å². The maximum Gasteiger partial charge on any atom is 0.205 e. The van der Waals surface area contributed by atoms with Gasteiger partial charge in [0.15, 0.2) is 0 Å². The van der Waals surface area contributed by atoms with Crippen LogP contribution in [0.5, 0.6) is 0 Å². The van der Waals surface area contributed by atoms with Crippen molar-refractivity contribution in [3.63, 3.8) is 0 Å². The number of benzene rings is 1. The van der Waals surface area contributed by atoms with Crippen LogP contribution < -0.4 is 5.32 Å². The SMILES string of the molecule is c1cc2c(c(NC3=NCCC3)c1)C(=NN1CCCC1)N=N2. The molecule has 1 saturated heterocycles. The third kappa shape index (κ3) is 2.41. The molecule has 0 unspecified atom stereocenters. The van der Waals surface area contributed by atoms with Crippen molar-refractivity contribution in [1.29, 1.82) is 0 Å². The lowest BCUT2D eigenvalue weighted by molar-refractivity contribution is 0.360. The second-order valence-corrected chi connectivity index (χ2v) is 5.54. The van der Waals surface area contributed by atoms with Crippen molar-refractivity contribution in [3.8, 4) is 0 Å². The van der Waals surface area contributed by atoms with E-state index < -0.39 is 0 Å². The Labute approximate surface area is 123 Å². The summed E-state index contributed by atoms with van der Waals surface area (Å²) in [6.45, 7) is 2.94. The van der Waals surface area contributed by atoms with Gasteiger partial charge in [-0.25, -0.2) is 0 Å². The Morgan fingerprint density at radius 3 is 2.81 bits per heavy atom. The van der Waals surface area contributed by atoms with Crippen LogP contribution in [0.3, 0.4) is 0 Å². The summed E-state index contributed by atoms with van der Waals surface area (Å²) in [6.07, 6.45) is 4.55. The van der Waals surface area contributed by atoms with Gasteiger partial charge < -0.3 is 5.32 Å². The van der Waals surface area contributed by atoms with E-state index in [1.165, 1.54) is 12.8 Å². The van der Waals surface area contributed by atoms with Crippen LogP contribution in [0.4, 0.5) is 11.4 Å². The molecule has 6 nitrogen and oxygen atoms in total. The van der Waals surface area contributed by atoms with Crippen LogP contribution in [0.25, 0.3) is 0 Å². The normalized spacial score (nSPS) is 22.0. The summed E-state index contributed by atoms with van der Waals surface area (Å²) in [5.41, 5.74) is 2.90. The zero-order chi connectivity index (χ0) is 14.1.